The molecule has 0 fully saturated rings. The lowest BCUT2D eigenvalue weighted by Gasteiger charge is -2.25. The summed E-state index contributed by atoms with van der Waals surface area (Å²) >= 11 is 0. The summed E-state index contributed by atoms with van der Waals surface area (Å²) < 4.78 is 16.0. The van der Waals surface area contributed by atoms with Crippen LogP contribution in [0.3, 0.4) is 0 Å². The van der Waals surface area contributed by atoms with E-state index in [1.807, 2.05) is 30.3 Å². The summed E-state index contributed by atoms with van der Waals surface area (Å²) in [6, 6.07) is 49.4. The summed E-state index contributed by atoms with van der Waals surface area (Å²) in [5.74, 6) is -0.244. The summed E-state index contributed by atoms with van der Waals surface area (Å²) in [7, 11) is 0. The van der Waals surface area contributed by atoms with E-state index >= 15 is 0 Å². The van der Waals surface area contributed by atoms with Crippen molar-refractivity contribution in [3.05, 3.63) is 157 Å². The van der Waals surface area contributed by atoms with Crippen LogP contribution in [0.15, 0.2) is 146 Å². The molecule has 0 saturated carbocycles. The zero-order chi connectivity index (χ0) is 27.1. The number of aromatic nitrogens is 1. The maximum Gasteiger partial charge on any atom is 0.123 e. The van der Waals surface area contributed by atoms with Crippen LogP contribution < -0.4 is 4.90 Å². The zero-order valence-corrected chi connectivity index (χ0v) is 22.1. The van der Waals surface area contributed by atoms with Gasteiger partial charge in [0.15, 0.2) is 0 Å². The second-order valence-corrected chi connectivity index (χ2v) is 10.1. The highest BCUT2D eigenvalue weighted by atomic mass is 19.1. The van der Waals surface area contributed by atoms with Crippen molar-refractivity contribution in [3.63, 3.8) is 0 Å². The number of para-hydroxylation sites is 2. The third-order valence-corrected chi connectivity index (χ3v) is 7.52. The monoisotopic (exact) mass is 518 g/mol. The minimum Gasteiger partial charge on any atom is -0.311 e. The van der Waals surface area contributed by atoms with Crippen LogP contribution >= 0.6 is 0 Å². The van der Waals surface area contributed by atoms with E-state index in [2.05, 4.69) is 120 Å². The molecule has 0 unspecified atom stereocenters. The van der Waals surface area contributed by atoms with E-state index in [0.29, 0.717) is 0 Å². The molecule has 192 valence electrons. The van der Waals surface area contributed by atoms with Gasteiger partial charge in [-0.15, -0.1) is 0 Å². The first-order valence-electron chi connectivity index (χ1n) is 13.5. The Labute approximate surface area is 233 Å². The largest absolute Gasteiger partial charge is 0.311 e. The predicted molar refractivity (Wildman–Crippen MR) is 166 cm³/mol. The van der Waals surface area contributed by atoms with Crippen LogP contribution in [0.4, 0.5) is 21.5 Å². The lowest BCUT2D eigenvalue weighted by molar-refractivity contribution is 0.628. The van der Waals surface area contributed by atoms with Gasteiger partial charge in [0.05, 0.1) is 11.0 Å². The van der Waals surface area contributed by atoms with Gasteiger partial charge < -0.3 is 9.47 Å². The number of fused-ring (bicyclic) bond motifs is 3. The molecule has 0 spiro atoms. The lowest BCUT2D eigenvalue weighted by atomic mass is 10.0. The van der Waals surface area contributed by atoms with Crippen molar-refractivity contribution in [2.24, 2.45) is 0 Å². The van der Waals surface area contributed by atoms with E-state index in [9.17, 15) is 4.39 Å². The fourth-order valence-corrected chi connectivity index (χ4v) is 5.54. The van der Waals surface area contributed by atoms with Crippen LogP contribution in [0.2, 0.25) is 0 Å². The fourth-order valence-electron chi connectivity index (χ4n) is 5.54. The van der Waals surface area contributed by atoms with Crippen molar-refractivity contribution >= 4 is 38.9 Å². The van der Waals surface area contributed by atoms with Crippen molar-refractivity contribution in [2.75, 3.05) is 4.90 Å². The molecule has 7 aromatic rings. The summed E-state index contributed by atoms with van der Waals surface area (Å²) in [5, 5.41) is 2.47. The minimum absolute atomic E-state index is 0.244. The maximum absolute atomic E-state index is 13.7. The molecule has 40 heavy (non-hydrogen) atoms. The standard InChI is InChI=1S/C37H27FN2/c1-26-11-18-33(19-12-26)40-36-10-6-5-9-34(36)35-25-28(15-24-37(35)40)27-13-20-31(21-14-27)39(30-7-3-2-4-8-30)32-22-16-29(38)17-23-32/h2-25H,1H3. The van der Waals surface area contributed by atoms with Crippen LogP contribution in [0.5, 0.6) is 0 Å². The second kappa shape index (κ2) is 9.87. The molecule has 0 atom stereocenters. The second-order valence-electron chi connectivity index (χ2n) is 10.1. The number of anilines is 3. The fraction of sp³-hybridized carbons (Fsp3) is 0.0270. The first kappa shape index (κ1) is 23.9. The van der Waals surface area contributed by atoms with Gasteiger partial charge in [-0.2, -0.15) is 0 Å². The Hall–Kier alpha value is -5.15. The van der Waals surface area contributed by atoms with Crippen LogP contribution in [0.1, 0.15) is 5.56 Å². The molecular weight excluding hydrogens is 491 g/mol. The van der Waals surface area contributed by atoms with Crippen LogP contribution in [0, 0.1) is 12.7 Å². The Kier molecular flexibility index (Phi) is 5.90. The van der Waals surface area contributed by atoms with Gasteiger partial charge in [0.1, 0.15) is 5.82 Å². The number of nitrogens with zero attached hydrogens (tertiary/aromatic N) is 2. The van der Waals surface area contributed by atoms with E-state index in [1.54, 1.807) is 0 Å². The Morgan fingerprint density at radius 3 is 1.80 bits per heavy atom. The predicted octanol–water partition coefficient (Wildman–Crippen LogP) is 10.4. The molecule has 0 aliphatic carbocycles. The van der Waals surface area contributed by atoms with Crippen molar-refractivity contribution < 1.29 is 4.39 Å². The average molecular weight is 519 g/mol. The van der Waals surface area contributed by atoms with E-state index in [1.165, 1.54) is 45.1 Å². The minimum atomic E-state index is -0.244. The number of halogens is 1. The quantitative estimate of drug-likeness (QED) is 0.220. The van der Waals surface area contributed by atoms with Crippen molar-refractivity contribution in [2.45, 2.75) is 6.92 Å². The Morgan fingerprint density at radius 2 is 1.07 bits per heavy atom. The molecule has 0 radical (unpaired) electrons. The highest BCUT2D eigenvalue weighted by molar-refractivity contribution is 6.10. The Bertz CT molecular complexity index is 1940. The summed E-state index contributed by atoms with van der Waals surface area (Å²) in [6.07, 6.45) is 0. The lowest BCUT2D eigenvalue weighted by Crippen LogP contribution is -2.09. The topological polar surface area (TPSA) is 8.17 Å². The van der Waals surface area contributed by atoms with Gasteiger partial charge in [0, 0.05) is 33.5 Å². The van der Waals surface area contributed by atoms with E-state index in [-0.39, 0.29) is 5.82 Å². The first-order valence-corrected chi connectivity index (χ1v) is 13.5. The smallest absolute Gasteiger partial charge is 0.123 e. The number of benzene rings is 6. The molecule has 0 aliphatic rings. The number of aryl methyl sites for hydroxylation is 1. The molecule has 0 N–H and O–H groups in total. The van der Waals surface area contributed by atoms with Gasteiger partial charge >= 0.3 is 0 Å². The van der Waals surface area contributed by atoms with Gasteiger partial charge in [-0.05, 0) is 96.9 Å². The van der Waals surface area contributed by atoms with Crippen LogP contribution in [0.25, 0.3) is 38.6 Å². The molecule has 0 bridgehead atoms. The molecule has 0 saturated heterocycles. The Morgan fingerprint density at radius 1 is 0.500 bits per heavy atom. The Balaban J connectivity index is 1.31. The van der Waals surface area contributed by atoms with Crippen molar-refractivity contribution in [1.82, 2.24) is 4.57 Å². The molecule has 6 aromatic carbocycles. The first-order chi connectivity index (χ1) is 19.7. The molecule has 0 aliphatic heterocycles. The summed E-state index contributed by atoms with van der Waals surface area (Å²) in [6.45, 7) is 2.12. The maximum atomic E-state index is 13.7. The molecule has 3 heteroatoms. The summed E-state index contributed by atoms with van der Waals surface area (Å²) in [4.78, 5) is 2.14. The van der Waals surface area contributed by atoms with Gasteiger partial charge in [-0.25, -0.2) is 4.39 Å². The van der Waals surface area contributed by atoms with E-state index in [0.717, 1.165) is 28.3 Å². The third-order valence-electron chi connectivity index (χ3n) is 7.52. The molecule has 1 aromatic heterocycles. The van der Waals surface area contributed by atoms with Gasteiger partial charge in [0.2, 0.25) is 0 Å². The van der Waals surface area contributed by atoms with Gasteiger partial charge in [-0.3, -0.25) is 0 Å². The van der Waals surface area contributed by atoms with Gasteiger partial charge in [-0.1, -0.05) is 72.3 Å². The molecule has 7 rings (SSSR count). The number of hydrogen-bond acceptors (Lipinski definition) is 1. The number of rotatable bonds is 5. The van der Waals surface area contributed by atoms with Crippen LogP contribution in [-0.4, -0.2) is 4.57 Å². The van der Waals surface area contributed by atoms with Crippen molar-refractivity contribution in [1.29, 1.82) is 0 Å². The highest BCUT2D eigenvalue weighted by Gasteiger charge is 2.15. The third kappa shape index (κ3) is 4.22. The highest BCUT2D eigenvalue weighted by Crippen LogP contribution is 2.38. The average Bonchev–Trinajstić information content (AvgIpc) is 3.33. The number of hydrogen-bond donors (Lipinski definition) is 0. The normalized spacial score (nSPS) is 11.2. The van der Waals surface area contributed by atoms with Crippen LogP contribution in [-0.2, 0) is 0 Å². The van der Waals surface area contributed by atoms with Gasteiger partial charge in [0.25, 0.3) is 0 Å². The van der Waals surface area contributed by atoms with E-state index in [4.69, 9.17) is 0 Å². The molecular formula is C37H27FN2. The molecule has 0 amide bonds. The molecule has 1 heterocycles. The van der Waals surface area contributed by atoms with Crippen molar-refractivity contribution in [3.8, 4) is 16.8 Å². The zero-order valence-electron chi connectivity index (χ0n) is 22.1. The SMILES string of the molecule is Cc1ccc(-n2c3ccccc3c3cc(-c4ccc(N(c5ccccc5)c5ccc(F)cc5)cc4)ccc32)cc1. The van der Waals surface area contributed by atoms with E-state index < -0.39 is 0 Å². The molecule has 2 nitrogen and oxygen atoms in total. The summed E-state index contributed by atoms with van der Waals surface area (Å²) in [5.41, 5.74) is 10.1.